The summed E-state index contributed by atoms with van der Waals surface area (Å²) in [7, 11) is -2.28. The van der Waals surface area contributed by atoms with Crippen molar-refractivity contribution in [2.45, 2.75) is 62.9 Å². The summed E-state index contributed by atoms with van der Waals surface area (Å²) in [6.45, 7) is 4.65. The van der Waals surface area contributed by atoms with Crippen molar-refractivity contribution in [3.63, 3.8) is 0 Å². The first-order chi connectivity index (χ1) is 11.5. The maximum Gasteiger partial charge on any atom is 0.305 e. The molecule has 9 nitrogen and oxygen atoms in total. The fourth-order valence-corrected chi connectivity index (χ4v) is 4.74. The molecule has 1 aromatic heterocycles. The van der Waals surface area contributed by atoms with Crippen molar-refractivity contribution in [3.05, 3.63) is 11.4 Å². The summed E-state index contributed by atoms with van der Waals surface area (Å²) in [6.07, 6.45) is 1.82. The number of hydrogen-bond acceptors (Lipinski definition) is 5. The highest BCUT2D eigenvalue weighted by Gasteiger charge is 2.41. The maximum atomic E-state index is 12.6. The van der Waals surface area contributed by atoms with Crippen LogP contribution in [0.15, 0.2) is 4.90 Å². The Morgan fingerprint density at radius 2 is 1.96 bits per heavy atom. The van der Waals surface area contributed by atoms with Crippen LogP contribution in [0.1, 0.15) is 44.0 Å². The van der Waals surface area contributed by atoms with Crippen LogP contribution in [0.4, 0.5) is 0 Å². The van der Waals surface area contributed by atoms with Crippen molar-refractivity contribution in [2.24, 2.45) is 7.05 Å². The second-order valence-electron chi connectivity index (χ2n) is 6.66. The average Bonchev–Trinajstić information content (AvgIpc) is 2.68. The monoisotopic (exact) mass is 372 g/mol. The predicted molar refractivity (Wildman–Crippen MR) is 89.4 cm³/mol. The summed E-state index contributed by atoms with van der Waals surface area (Å²) in [5.74, 6) is -1.53. The lowest BCUT2D eigenvalue weighted by Crippen LogP contribution is -2.58. The van der Waals surface area contributed by atoms with Crippen LogP contribution >= 0.6 is 0 Å². The number of carboxylic acid groups (broad SMARTS) is 1. The van der Waals surface area contributed by atoms with E-state index < -0.39 is 33.5 Å². The number of carbonyl (C=O) groups is 2. The van der Waals surface area contributed by atoms with Crippen molar-refractivity contribution < 1.29 is 23.1 Å². The number of nitrogens with one attached hydrogen (secondary N) is 2. The molecular weight excluding hydrogens is 348 g/mol. The third-order valence-electron chi connectivity index (χ3n) is 4.63. The van der Waals surface area contributed by atoms with Crippen molar-refractivity contribution in [1.29, 1.82) is 0 Å². The molecule has 25 heavy (non-hydrogen) atoms. The highest BCUT2D eigenvalue weighted by Crippen LogP contribution is 2.35. The highest BCUT2D eigenvalue weighted by molar-refractivity contribution is 7.89. The Labute approximate surface area is 146 Å². The Kier molecular flexibility index (Phi) is 5.24. The largest absolute Gasteiger partial charge is 0.481 e. The number of hydrogen-bond donors (Lipinski definition) is 3. The van der Waals surface area contributed by atoms with E-state index in [0.29, 0.717) is 24.2 Å². The van der Waals surface area contributed by atoms with Gasteiger partial charge in [-0.3, -0.25) is 14.3 Å². The van der Waals surface area contributed by atoms with Gasteiger partial charge in [0.1, 0.15) is 4.90 Å². The summed E-state index contributed by atoms with van der Waals surface area (Å²) in [6, 6.07) is -1.03. The van der Waals surface area contributed by atoms with Gasteiger partial charge in [-0.05, 0) is 40.0 Å². The summed E-state index contributed by atoms with van der Waals surface area (Å²) in [5.41, 5.74) is 0.0448. The van der Waals surface area contributed by atoms with Gasteiger partial charge in [-0.25, -0.2) is 8.42 Å². The number of amides is 1. The van der Waals surface area contributed by atoms with Gasteiger partial charge in [-0.1, -0.05) is 0 Å². The minimum absolute atomic E-state index is 0.0542. The molecule has 1 amide bonds. The second-order valence-corrected chi connectivity index (χ2v) is 8.31. The Balaban J connectivity index is 2.11. The van der Waals surface area contributed by atoms with Crippen molar-refractivity contribution in [2.75, 3.05) is 0 Å². The topological polar surface area (TPSA) is 130 Å². The minimum atomic E-state index is -3.92. The lowest BCUT2D eigenvalue weighted by atomic mass is 9.74. The Bertz CT molecular complexity index is 795. The predicted octanol–water partition coefficient (Wildman–Crippen LogP) is 0.217. The lowest BCUT2D eigenvalue weighted by Gasteiger charge is -2.42. The molecular formula is C15H24N4O5S. The molecule has 2 rings (SSSR count). The standard InChI is InChI=1S/C15H24N4O5S/c1-9-13(11(3)19(4)17-9)25(23,24)18-10(2)14(22)16-15(6-5-7-15)8-12(20)21/h10,18H,5-8H2,1-4H3,(H,16,22)(H,20,21). The number of carbonyl (C=O) groups excluding carboxylic acids is 1. The first-order valence-electron chi connectivity index (χ1n) is 8.04. The van der Waals surface area contributed by atoms with E-state index in [-0.39, 0.29) is 11.3 Å². The molecule has 1 aliphatic rings. The molecule has 1 saturated carbocycles. The van der Waals surface area contributed by atoms with Gasteiger partial charge in [0.05, 0.1) is 29.4 Å². The molecule has 140 valence electrons. The molecule has 0 saturated heterocycles. The SMILES string of the molecule is Cc1nn(C)c(C)c1S(=O)(=O)NC(C)C(=O)NC1(CC(=O)O)CCC1. The number of carboxylic acids is 1. The molecule has 0 radical (unpaired) electrons. The van der Waals surface area contributed by atoms with Gasteiger partial charge in [0.25, 0.3) is 0 Å². The molecule has 1 heterocycles. The van der Waals surface area contributed by atoms with Crippen LogP contribution in [0, 0.1) is 13.8 Å². The van der Waals surface area contributed by atoms with Gasteiger partial charge in [0.2, 0.25) is 15.9 Å². The van der Waals surface area contributed by atoms with Crippen LogP contribution in [0.3, 0.4) is 0 Å². The van der Waals surface area contributed by atoms with Crippen molar-refractivity contribution in [3.8, 4) is 0 Å². The van der Waals surface area contributed by atoms with Gasteiger partial charge >= 0.3 is 5.97 Å². The van der Waals surface area contributed by atoms with E-state index >= 15 is 0 Å². The van der Waals surface area contributed by atoms with Crippen LogP contribution in [-0.2, 0) is 26.7 Å². The molecule has 3 N–H and O–H groups in total. The molecule has 0 bridgehead atoms. The van der Waals surface area contributed by atoms with Crippen LogP contribution < -0.4 is 10.0 Å². The number of aryl methyl sites for hydroxylation is 2. The fourth-order valence-electron chi connectivity index (χ4n) is 3.10. The number of rotatable bonds is 7. The van der Waals surface area contributed by atoms with E-state index in [1.165, 1.54) is 11.6 Å². The summed E-state index contributed by atoms with van der Waals surface area (Å²) in [5, 5.41) is 15.8. The average molecular weight is 372 g/mol. The summed E-state index contributed by atoms with van der Waals surface area (Å²) >= 11 is 0. The van der Waals surface area contributed by atoms with Gasteiger partial charge in [0, 0.05) is 7.05 Å². The first-order valence-corrected chi connectivity index (χ1v) is 9.52. The fraction of sp³-hybridized carbons (Fsp3) is 0.667. The molecule has 1 unspecified atom stereocenters. The first kappa shape index (κ1) is 19.4. The van der Waals surface area contributed by atoms with E-state index in [9.17, 15) is 18.0 Å². The molecule has 1 aromatic rings. The molecule has 1 fully saturated rings. The second kappa shape index (κ2) is 6.75. The number of aliphatic carboxylic acids is 1. The maximum absolute atomic E-state index is 12.6. The molecule has 1 atom stereocenters. The number of sulfonamides is 1. The van der Waals surface area contributed by atoms with E-state index in [2.05, 4.69) is 15.1 Å². The molecule has 1 aliphatic carbocycles. The van der Waals surface area contributed by atoms with E-state index in [0.717, 1.165) is 6.42 Å². The minimum Gasteiger partial charge on any atom is -0.481 e. The van der Waals surface area contributed by atoms with Crippen molar-refractivity contribution >= 4 is 21.9 Å². The highest BCUT2D eigenvalue weighted by atomic mass is 32.2. The van der Waals surface area contributed by atoms with Gasteiger partial charge in [0.15, 0.2) is 0 Å². The summed E-state index contributed by atoms with van der Waals surface area (Å²) < 4.78 is 29.0. The molecule has 0 spiro atoms. The Morgan fingerprint density at radius 1 is 1.36 bits per heavy atom. The number of nitrogens with zero attached hydrogens (tertiary/aromatic N) is 2. The van der Waals surface area contributed by atoms with Gasteiger partial charge < -0.3 is 10.4 Å². The van der Waals surface area contributed by atoms with Crippen LogP contribution in [0.2, 0.25) is 0 Å². The van der Waals surface area contributed by atoms with E-state index in [1.54, 1.807) is 20.9 Å². The third-order valence-corrected chi connectivity index (χ3v) is 6.42. The Hall–Kier alpha value is -1.94. The summed E-state index contributed by atoms with van der Waals surface area (Å²) in [4.78, 5) is 23.4. The zero-order chi connectivity index (χ0) is 19.0. The molecule has 0 aliphatic heterocycles. The van der Waals surface area contributed by atoms with Crippen molar-refractivity contribution in [1.82, 2.24) is 19.8 Å². The quantitative estimate of drug-likeness (QED) is 0.627. The number of aromatic nitrogens is 2. The van der Waals surface area contributed by atoms with Gasteiger partial charge in [-0.15, -0.1) is 0 Å². The Morgan fingerprint density at radius 3 is 2.36 bits per heavy atom. The zero-order valence-electron chi connectivity index (χ0n) is 14.8. The molecule has 10 heteroatoms. The van der Waals surface area contributed by atoms with Gasteiger partial charge in [-0.2, -0.15) is 9.82 Å². The molecule has 0 aromatic carbocycles. The van der Waals surface area contributed by atoms with Crippen LogP contribution in [0.25, 0.3) is 0 Å². The smallest absolute Gasteiger partial charge is 0.305 e. The van der Waals surface area contributed by atoms with Crippen LogP contribution in [-0.4, -0.2) is 46.8 Å². The normalized spacial score (nSPS) is 17.6. The third kappa shape index (κ3) is 4.01. The lowest BCUT2D eigenvalue weighted by molar-refractivity contribution is -0.140. The van der Waals surface area contributed by atoms with E-state index in [1.807, 2.05) is 0 Å². The zero-order valence-corrected chi connectivity index (χ0v) is 15.6. The van der Waals surface area contributed by atoms with Crippen LogP contribution in [0.5, 0.6) is 0 Å². The van der Waals surface area contributed by atoms with E-state index in [4.69, 9.17) is 5.11 Å².